The molecule has 0 rings (SSSR count). The van der Waals surface area contributed by atoms with Gasteiger partial charge in [0.05, 0.1) is 13.2 Å². The second-order valence-corrected chi connectivity index (χ2v) is 9.20. The van der Waals surface area contributed by atoms with Gasteiger partial charge < -0.3 is 23.8 Å². The second-order valence-electron chi connectivity index (χ2n) is 9.20. The second kappa shape index (κ2) is 28.9. The molecule has 0 fully saturated rings. The molecule has 0 aliphatic heterocycles. The zero-order valence-electron chi connectivity index (χ0n) is 22.8. The van der Waals surface area contributed by atoms with Crippen molar-refractivity contribution < 1.29 is 23.8 Å². The van der Waals surface area contributed by atoms with Gasteiger partial charge in [-0.25, -0.2) is 0 Å². The van der Waals surface area contributed by atoms with Crippen molar-refractivity contribution in [2.45, 2.75) is 142 Å². The summed E-state index contributed by atoms with van der Waals surface area (Å²) in [7, 11) is 0. The third kappa shape index (κ3) is 25.6. The van der Waals surface area contributed by atoms with Gasteiger partial charge in [0.25, 0.3) is 0 Å². The largest absolute Gasteiger partial charge is 0.349 e. The van der Waals surface area contributed by atoms with Gasteiger partial charge in [-0.05, 0) is 63.5 Å². The molecular weight excluding hydrogens is 440 g/mol. The van der Waals surface area contributed by atoms with Gasteiger partial charge in [0.1, 0.15) is 12.6 Å². The minimum Gasteiger partial charge on any atom is -0.349 e. The summed E-state index contributed by atoms with van der Waals surface area (Å²) in [4.78, 5) is 20.9. The van der Waals surface area contributed by atoms with Crippen molar-refractivity contribution in [2.75, 3.05) is 13.2 Å². The maximum absolute atomic E-state index is 10.5. The standard InChI is InChI=1S/C30H54O5/c1-3-5-7-21-27-33-29(23-17-13-9-11-15-19-25-31)35-30(34-28-22-8-6-4-2)24-18-14-10-12-16-20-26-32/h17-18,23-26,29-30H,3-16,19-22,27-28H2,1-2H3. The molecule has 0 radical (unpaired) electrons. The van der Waals surface area contributed by atoms with Gasteiger partial charge in [0.15, 0.2) is 12.6 Å². The van der Waals surface area contributed by atoms with Crippen LogP contribution < -0.4 is 0 Å². The van der Waals surface area contributed by atoms with Gasteiger partial charge in [-0.15, -0.1) is 0 Å². The third-order valence-electron chi connectivity index (χ3n) is 5.80. The van der Waals surface area contributed by atoms with Crippen molar-refractivity contribution in [3.05, 3.63) is 24.3 Å². The highest BCUT2D eigenvalue weighted by Gasteiger charge is 2.13. The van der Waals surface area contributed by atoms with Crippen molar-refractivity contribution in [1.82, 2.24) is 0 Å². The summed E-state index contributed by atoms with van der Waals surface area (Å²) in [5.74, 6) is 0. The van der Waals surface area contributed by atoms with Crippen LogP contribution in [0, 0.1) is 0 Å². The summed E-state index contributed by atoms with van der Waals surface area (Å²) < 4.78 is 18.4. The maximum Gasteiger partial charge on any atom is 0.180 e. The van der Waals surface area contributed by atoms with Crippen LogP contribution in [0.15, 0.2) is 24.3 Å². The molecule has 0 aromatic heterocycles. The molecule has 2 atom stereocenters. The summed E-state index contributed by atoms with van der Waals surface area (Å²) in [5, 5.41) is 0. The highest BCUT2D eigenvalue weighted by Crippen LogP contribution is 2.12. The average molecular weight is 495 g/mol. The van der Waals surface area contributed by atoms with E-state index in [4.69, 9.17) is 14.2 Å². The number of unbranched alkanes of at least 4 members (excludes halogenated alkanes) is 14. The highest BCUT2D eigenvalue weighted by atomic mass is 16.8. The first-order valence-electron chi connectivity index (χ1n) is 14.4. The van der Waals surface area contributed by atoms with Gasteiger partial charge in [0.2, 0.25) is 0 Å². The zero-order valence-corrected chi connectivity index (χ0v) is 22.8. The minimum atomic E-state index is -0.426. The fraction of sp³-hybridized carbons (Fsp3) is 0.800. The minimum absolute atomic E-state index is 0.426. The Morgan fingerprint density at radius 2 is 0.914 bits per heavy atom. The molecule has 0 saturated carbocycles. The van der Waals surface area contributed by atoms with Gasteiger partial charge >= 0.3 is 0 Å². The SMILES string of the molecule is CCCCCCOC(C=CCCCCCC=O)OC(C=CCCCCCC=O)OCCCCCC. The van der Waals surface area contributed by atoms with Crippen molar-refractivity contribution in [3.8, 4) is 0 Å². The first-order chi connectivity index (χ1) is 17.3. The van der Waals surface area contributed by atoms with Crippen LogP contribution in [-0.2, 0) is 23.8 Å². The van der Waals surface area contributed by atoms with Crippen molar-refractivity contribution in [1.29, 1.82) is 0 Å². The molecule has 0 aromatic rings. The van der Waals surface area contributed by atoms with E-state index in [0.29, 0.717) is 26.1 Å². The fourth-order valence-corrected chi connectivity index (χ4v) is 3.62. The van der Waals surface area contributed by atoms with Gasteiger partial charge in [0, 0.05) is 12.8 Å². The smallest absolute Gasteiger partial charge is 0.180 e. The van der Waals surface area contributed by atoms with E-state index in [1.54, 1.807) is 0 Å². The average Bonchev–Trinajstić information content (AvgIpc) is 2.86. The lowest BCUT2D eigenvalue weighted by molar-refractivity contribution is -0.208. The van der Waals surface area contributed by atoms with E-state index in [-0.39, 0.29) is 0 Å². The van der Waals surface area contributed by atoms with E-state index in [9.17, 15) is 9.59 Å². The molecule has 5 nitrogen and oxygen atoms in total. The van der Waals surface area contributed by atoms with Gasteiger partial charge in [-0.3, -0.25) is 0 Å². The lowest BCUT2D eigenvalue weighted by Gasteiger charge is -2.22. The normalized spacial score (nSPS) is 13.5. The molecular formula is C30H54O5. The van der Waals surface area contributed by atoms with E-state index >= 15 is 0 Å². The van der Waals surface area contributed by atoms with Gasteiger partial charge in [-0.1, -0.05) is 77.4 Å². The molecule has 0 bridgehead atoms. The number of hydrogen-bond donors (Lipinski definition) is 0. The number of carbonyl (C=O) groups is 2. The maximum atomic E-state index is 10.5. The molecule has 0 N–H and O–H groups in total. The molecule has 0 heterocycles. The van der Waals surface area contributed by atoms with E-state index in [1.807, 2.05) is 12.2 Å². The zero-order chi connectivity index (χ0) is 25.7. The number of aldehydes is 2. The Kier molecular flexibility index (Phi) is 27.9. The Labute approximate surface area is 216 Å². The fourth-order valence-electron chi connectivity index (χ4n) is 3.62. The van der Waals surface area contributed by atoms with Crippen molar-refractivity contribution in [2.24, 2.45) is 0 Å². The monoisotopic (exact) mass is 494 g/mol. The molecule has 2 unspecified atom stereocenters. The van der Waals surface area contributed by atoms with Crippen LogP contribution in [0.25, 0.3) is 0 Å². The lowest BCUT2D eigenvalue weighted by Crippen LogP contribution is -2.25. The number of hydrogen-bond acceptors (Lipinski definition) is 5. The molecule has 0 aliphatic carbocycles. The van der Waals surface area contributed by atoms with Crippen LogP contribution in [-0.4, -0.2) is 38.4 Å². The Morgan fingerprint density at radius 1 is 0.514 bits per heavy atom. The van der Waals surface area contributed by atoms with Crippen LogP contribution in [0.4, 0.5) is 0 Å². The number of ether oxygens (including phenoxy) is 3. The first-order valence-corrected chi connectivity index (χ1v) is 14.4. The van der Waals surface area contributed by atoms with E-state index in [2.05, 4.69) is 26.0 Å². The Bertz CT molecular complexity index is 459. The van der Waals surface area contributed by atoms with E-state index < -0.39 is 12.6 Å². The summed E-state index contributed by atoms with van der Waals surface area (Å²) in [5.41, 5.74) is 0. The number of rotatable bonds is 28. The molecule has 0 aromatic carbocycles. The lowest BCUT2D eigenvalue weighted by atomic mass is 10.1. The predicted molar refractivity (Wildman–Crippen MR) is 145 cm³/mol. The van der Waals surface area contributed by atoms with Crippen LogP contribution in [0.1, 0.15) is 129 Å². The molecule has 0 amide bonds. The van der Waals surface area contributed by atoms with E-state index in [0.717, 1.165) is 76.8 Å². The van der Waals surface area contributed by atoms with Crippen molar-refractivity contribution >= 4 is 12.6 Å². The highest BCUT2D eigenvalue weighted by molar-refractivity contribution is 5.49. The Morgan fingerprint density at radius 3 is 1.31 bits per heavy atom. The molecule has 35 heavy (non-hydrogen) atoms. The molecule has 204 valence electrons. The van der Waals surface area contributed by atoms with Crippen LogP contribution >= 0.6 is 0 Å². The third-order valence-corrected chi connectivity index (χ3v) is 5.80. The molecule has 0 aliphatic rings. The van der Waals surface area contributed by atoms with Crippen molar-refractivity contribution in [3.63, 3.8) is 0 Å². The van der Waals surface area contributed by atoms with E-state index in [1.165, 1.54) is 38.5 Å². The summed E-state index contributed by atoms with van der Waals surface area (Å²) >= 11 is 0. The Hall–Kier alpha value is -1.30. The first kappa shape index (κ1) is 33.7. The van der Waals surface area contributed by atoms with Crippen LogP contribution in [0.5, 0.6) is 0 Å². The topological polar surface area (TPSA) is 61.8 Å². The predicted octanol–water partition coefficient (Wildman–Crippen LogP) is 8.26. The molecule has 0 saturated heterocycles. The van der Waals surface area contributed by atoms with Crippen LogP contribution in [0.2, 0.25) is 0 Å². The number of carbonyl (C=O) groups excluding carboxylic acids is 2. The summed E-state index contributed by atoms with van der Waals surface area (Å²) in [6, 6.07) is 0. The number of allylic oxidation sites excluding steroid dienone is 2. The summed E-state index contributed by atoms with van der Waals surface area (Å²) in [6.45, 7) is 5.78. The van der Waals surface area contributed by atoms with Crippen LogP contribution in [0.3, 0.4) is 0 Å². The summed E-state index contributed by atoms with van der Waals surface area (Å²) in [6.07, 6.45) is 28.1. The molecule has 5 heteroatoms. The quantitative estimate of drug-likeness (QED) is 0.0474. The van der Waals surface area contributed by atoms with Gasteiger partial charge in [-0.2, -0.15) is 0 Å². The Balaban J connectivity index is 4.79. The molecule has 0 spiro atoms.